The van der Waals surface area contributed by atoms with E-state index in [4.69, 9.17) is 9.26 Å². The molecule has 6 heteroatoms. The fraction of sp³-hybridized carbons (Fsp3) is 0.0833. The molecule has 0 aliphatic rings. The third-order valence-corrected chi connectivity index (χ3v) is 2.46. The smallest absolute Gasteiger partial charge is 0.348 e. The zero-order valence-electron chi connectivity index (χ0n) is 9.51. The van der Waals surface area contributed by atoms with E-state index in [1.807, 2.05) is 6.07 Å². The summed E-state index contributed by atoms with van der Waals surface area (Å²) in [6, 6.07) is 5.16. The van der Waals surface area contributed by atoms with Gasteiger partial charge in [-0.25, -0.2) is 4.79 Å². The maximum absolute atomic E-state index is 11.9. The lowest BCUT2D eigenvalue weighted by Crippen LogP contribution is -2.08. The van der Waals surface area contributed by atoms with Crippen molar-refractivity contribution >= 4 is 17.0 Å². The Morgan fingerprint density at radius 1 is 1.50 bits per heavy atom. The summed E-state index contributed by atoms with van der Waals surface area (Å²) in [6.07, 6.45) is 3.18. The van der Waals surface area contributed by atoms with Crippen LogP contribution < -0.4 is 4.74 Å². The van der Waals surface area contributed by atoms with E-state index in [9.17, 15) is 4.79 Å². The first-order valence-corrected chi connectivity index (χ1v) is 5.31. The van der Waals surface area contributed by atoms with Gasteiger partial charge in [0.2, 0.25) is 0 Å². The van der Waals surface area contributed by atoms with Crippen LogP contribution in [-0.4, -0.2) is 21.1 Å². The third-order valence-electron chi connectivity index (χ3n) is 2.46. The fourth-order valence-corrected chi connectivity index (χ4v) is 1.65. The predicted octanol–water partition coefficient (Wildman–Crippen LogP) is 2.08. The molecule has 1 N–H and O–H groups in total. The summed E-state index contributed by atoms with van der Waals surface area (Å²) in [5.41, 5.74) is 1.72. The first kappa shape index (κ1) is 10.5. The summed E-state index contributed by atoms with van der Waals surface area (Å²) in [5, 5.41) is 3.60. The van der Waals surface area contributed by atoms with Crippen molar-refractivity contribution in [1.82, 2.24) is 15.1 Å². The number of carbonyl (C=O) groups is 1. The van der Waals surface area contributed by atoms with Gasteiger partial charge in [-0.1, -0.05) is 0 Å². The quantitative estimate of drug-likeness (QED) is 0.697. The second-order valence-corrected chi connectivity index (χ2v) is 3.77. The Bertz CT molecular complexity index is 714. The Balaban J connectivity index is 1.92. The van der Waals surface area contributed by atoms with Gasteiger partial charge in [-0.2, -0.15) is 0 Å². The number of hydrogen-bond acceptors (Lipinski definition) is 5. The number of hydrogen-bond donors (Lipinski definition) is 1. The molecule has 90 valence electrons. The molecular weight excluding hydrogens is 234 g/mol. The second-order valence-electron chi connectivity index (χ2n) is 3.77. The number of esters is 1. The van der Waals surface area contributed by atoms with Crippen molar-refractivity contribution in [1.29, 1.82) is 0 Å². The van der Waals surface area contributed by atoms with E-state index < -0.39 is 5.97 Å². The van der Waals surface area contributed by atoms with E-state index >= 15 is 0 Å². The van der Waals surface area contributed by atoms with Crippen LogP contribution in [0.2, 0.25) is 0 Å². The largest absolute Gasteiger partial charge is 0.400 e. The Morgan fingerprint density at radius 2 is 2.39 bits per heavy atom. The molecule has 18 heavy (non-hydrogen) atoms. The molecule has 0 fully saturated rings. The summed E-state index contributed by atoms with van der Waals surface area (Å²) in [6.45, 7) is 1.72. The van der Waals surface area contributed by atoms with Crippen molar-refractivity contribution in [3.8, 4) is 5.88 Å². The van der Waals surface area contributed by atoms with Crippen molar-refractivity contribution < 1.29 is 14.1 Å². The zero-order valence-corrected chi connectivity index (χ0v) is 9.51. The van der Waals surface area contributed by atoms with E-state index in [0.29, 0.717) is 16.8 Å². The Morgan fingerprint density at radius 3 is 3.17 bits per heavy atom. The minimum atomic E-state index is -0.520. The molecule has 0 spiro atoms. The van der Waals surface area contributed by atoms with Crippen LogP contribution in [0.3, 0.4) is 0 Å². The molecule has 0 amide bonds. The molecule has 0 radical (unpaired) electrons. The number of pyridine rings is 1. The lowest BCUT2D eigenvalue weighted by atomic mass is 10.3. The van der Waals surface area contributed by atoms with Crippen molar-refractivity contribution in [2.75, 3.05) is 0 Å². The standard InChI is InChI=1S/C12H9N3O3/c1-7-5-10(15-18-7)17-12(16)8-6-14-9-3-2-4-13-11(8)9/h2-6,14H,1H3. The van der Waals surface area contributed by atoms with Crippen LogP contribution in [0.1, 0.15) is 16.1 Å². The number of fused-ring (bicyclic) bond motifs is 1. The number of nitrogens with zero attached hydrogens (tertiary/aromatic N) is 2. The van der Waals surface area contributed by atoms with Crippen LogP contribution in [0.4, 0.5) is 0 Å². The van der Waals surface area contributed by atoms with Gasteiger partial charge in [0.25, 0.3) is 5.88 Å². The van der Waals surface area contributed by atoms with Gasteiger partial charge in [0.05, 0.1) is 5.52 Å². The molecule has 3 heterocycles. The maximum atomic E-state index is 11.9. The summed E-state index contributed by atoms with van der Waals surface area (Å²) >= 11 is 0. The lowest BCUT2D eigenvalue weighted by Gasteiger charge is -1.97. The minimum Gasteiger partial charge on any atom is -0.400 e. The number of nitrogens with one attached hydrogen (secondary N) is 1. The first-order chi connectivity index (χ1) is 8.74. The molecular formula is C12H9N3O3. The van der Waals surface area contributed by atoms with Crippen molar-refractivity contribution in [2.45, 2.75) is 6.92 Å². The van der Waals surface area contributed by atoms with Crippen LogP contribution in [0.5, 0.6) is 5.88 Å². The summed E-state index contributed by atoms with van der Waals surface area (Å²) < 4.78 is 9.90. The highest BCUT2D eigenvalue weighted by atomic mass is 16.6. The average molecular weight is 243 g/mol. The van der Waals surface area contributed by atoms with Crippen molar-refractivity contribution in [3.05, 3.63) is 41.9 Å². The van der Waals surface area contributed by atoms with Crippen LogP contribution in [0, 0.1) is 6.92 Å². The Kier molecular flexibility index (Phi) is 2.33. The number of H-pyrrole nitrogens is 1. The topological polar surface area (TPSA) is 81.0 Å². The van der Waals surface area contributed by atoms with Gasteiger partial charge in [-0.05, 0) is 24.2 Å². The number of aryl methyl sites for hydroxylation is 1. The highest BCUT2D eigenvalue weighted by molar-refractivity contribution is 6.02. The average Bonchev–Trinajstić information content (AvgIpc) is 2.95. The molecule has 3 aromatic heterocycles. The number of rotatable bonds is 2. The maximum Gasteiger partial charge on any atom is 0.348 e. The fourth-order valence-electron chi connectivity index (χ4n) is 1.65. The molecule has 0 atom stereocenters. The van der Waals surface area contributed by atoms with Crippen LogP contribution in [0.15, 0.2) is 35.1 Å². The van der Waals surface area contributed by atoms with E-state index in [-0.39, 0.29) is 5.88 Å². The first-order valence-electron chi connectivity index (χ1n) is 5.31. The number of aromatic amines is 1. The molecule has 0 aromatic carbocycles. The molecule has 6 nitrogen and oxygen atoms in total. The SMILES string of the molecule is Cc1cc(OC(=O)c2c[nH]c3cccnc23)no1. The van der Waals surface area contributed by atoms with E-state index in [0.717, 1.165) is 5.52 Å². The molecule has 0 aliphatic carbocycles. The summed E-state index contributed by atoms with van der Waals surface area (Å²) in [5.74, 6) is 0.200. The molecule has 0 saturated carbocycles. The van der Waals surface area contributed by atoms with Crippen molar-refractivity contribution in [3.63, 3.8) is 0 Å². The van der Waals surface area contributed by atoms with Gasteiger partial charge in [-0.3, -0.25) is 4.98 Å². The Labute approximate surface area is 102 Å². The molecule has 0 aliphatic heterocycles. The van der Waals surface area contributed by atoms with Gasteiger partial charge >= 0.3 is 5.97 Å². The molecule has 0 saturated heterocycles. The molecule has 0 unspecified atom stereocenters. The van der Waals surface area contributed by atoms with Crippen LogP contribution in [0.25, 0.3) is 11.0 Å². The highest BCUT2D eigenvalue weighted by Crippen LogP contribution is 2.18. The Hall–Kier alpha value is -2.63. The lowest BCUT2D eigenvalue weighted by molar-refractivity contribution is 0.0723. The van der Waals surface area contributed by atoms with Crippen molar-refractivity contribution in [2.24, 2.45) is 0 Å². The van der Waals surface area contributed by atoms with Gasteiger partial charge in [0.15, 0.2) is 0 Å². The molecule has 3 aromatic rings. The number of aromatic nitrogens is 3. The van der Waals surface area contributed by atoms with Gasteiger partial charge in [0.1, 0.15) is 16.8 Å². The van der Waals surface area contributed by atoms with E-state index in [2.05, 4.69) is 15.1 Å². The van der Waals surface area contributed by atoms with Gasteiger partial charge in [-0.15, -0.1) is 0 Å². The monoisotopic (exact) mass is 243 g/mol. The van der Waals surface area contributed by atoms with Crippen LogP contribution >= 0.6 is 0 Å². The van der Waals surface area contributed by atoms with Gasteiger partial charge < -0.3 is 14.2 Å². The minimum absolute atomic E-state index is 0.141. The molecule has 0 bridgehead atoms. The summed E-state index contributed by atoms with van der Waals surface area (Å²) in [4.78, 5) is 19.0. The zero-order chi connectivity index (χ0) is 12.5. The van der Waals surface area contributed by atoms with E-state index in [1.165, 1.54) is 0 Å². The molecule has 3 rings (SSSR count). The predicted molar refractivity (Wildman–Crippen MR) is 62.3 cm³/mol. The normalized spacial score (nSPS) is 10.7. The van der Waals surface area contributed by atoms with E-state index in [1.54, 1.807) is 31.5 Å². The number of carbonyl (C=O) groups excluding carboxylic acids is 1. The highest BCUT2D eigenvalue weighted by Gasteiger charge is 2.16. The van der Waals surface area contributed by atoms with Gasteiger partial charge in [0, 0.05) is 18.5 Å². The van der Waals surface area contributed by atoms with Crippen LogP contribution in [-0.2, 0) is 0 Å². The third kappa shape index (κ3) is 1.73. The number of ether oxygens (including phenoxy) is 1. The summed E-state index contributed by atoms with van der Waals surface area (Å²) in [7, 11) is 0. The second kappa shape index (κ2) is 3.99.